The van der Waals surface area contributed by atoms with Gasteiger partial charge in [-0.3, -0.25) is 9.78 Å². The third-order valence-electron chi connectivity index (χ3n) is 5.32. The summed E-state index contributed by atoms with van der Waals surface area (Å²) in [5.74, 6) is -0.00964. The number of carbonyl (C=O) groups is 1. The maximum Gasteiger partial charge on any atom is 0.253 e. The smallest absolute Gasteiger partial charge is 0.253 e. The molecule has 2 aromatic heterocycles. The molecule has 0 aliphatic carbocycles. The highest BCUT2D eigenvalue weighted by Gasteiger charge is 2.29. The summed E-state index contributed by atoms with van der Waals surface area (Å²) in [6, 6.07) is 6.54. The molecule has 0 saturated heterocycles. The lowest BCUT2D eigenvalue weighted by Crippen LogP contribution is -2.32. The van der Waals surface area contributed by atoms with Crippen molar-refractivity contribution >= 4 is 5.91 Å². The van der Waals surface area contributed by atoms with Crippen molar-refractivity contribution in [1.29, 1.82) is 0 Å². The van der Waals surface area contributed by atoms with E-state index >= 15 is 0 Å². The lowest BCUT2D eigenvalue weighted by atomic mass is 9.94. The monoisotopic (exact) mass is 439 g/mol. The molecule has 3 aromatic rings. The summed E-state index contributed by atoms with van der Waals surface area (Å²) >= 11 is 0. The van der Waals surface area contributed by atoms with Crippen molar-refractivity contribution in [2.75, 3.05) is 20.3 Å². The first-order valence-corrected chi connectivity index (χ1v) is 10.4. The van der Waals surface area contributed by atoms with Gasteiger partial charge in [-0.1, -0.05) is 12.1 Å². The quantitative estimate of drug-likeness (QED) is 0.525. The van der Waals surface area contributed by atoms with Gasteiger partial charge in [0, 0.05) is 42.4 Å². The number of benzene rings is 1. The normalized spacial score (nSPS) is 13.5. The van der Waals surface area contributed by atoms with E-state index < -0.39 is 11.4 Å². The Morgan fingerprint density at radius 3 is 2.84 bits per heavy atom. The number of amides is 1. The van der Waals surface area contributed by atoms with Crippen LogP contribution in [-0.4, -0.2) is 46.8 Å². The van der Waals surface area contributed by atoms with Crippen molar-refractivity contribution in [3.63, 3.8) is 0 Å². The Balaban J connectivity index is 1.85. The van der Waals surface area contributed by atoms with Crippen LogP contribution in [0.1, 0.15) is 41.0 Å². The minimum absolute atomic E-state index is 0.0691. The van der Waals surface area contributed by atoms with Crippen LogP contribution in [-0.2, 0) is 12.8 Å². The largest absolute Gasteiger partial charge is 0.493 e. The number of ether oxygens (including phenoxy) is 2. The SMILES string of the molecule is COc1c(F)cccc1Cc1c(-c2ccncc2OCC(C)(C)O)[nH]c2c1C(=O)NCC2. The summed E-state index contributed by atoms with van der Waals surface area (Å²) < 4.78 is 25.5. The molecule has 0 unspecified atom stereocenters. The van der Waals surface area contributed by atoms with Crippen molar-refractivity contribution in [2.45, 2.75) is 32.3 Å². The van der Waals surface area contributed by atoms with Crippen LogP contribution >= 0.6 is 0 Å². The average molecular weight is 439 g/mol. The van der Waals surface area contributed by atoms with E-state index in [1.165, 1.54) is 13.2 Å². The third kappa shape index (κ3) is 4.31. The van der Waals surface area contributed by atoms with Crippen molar-refractivity contribution in [1.82, 2.24) is 15.3 Å². The number of H-pyrrole nitrogens is 1. The summed E-state index contributed by atoms with van der Waals surface area (Å²) in [7, 11) is 1.42. The van der Waals surface area contributed by atoms with E-state index in [-0.39, 0.29) is 24.7 Å². The molecule has 0 atom stereocenters. The predicted molar refractivity (Wildman–Crippen MR) is 118 cm³/mol. The van der Waals surface area contributed by atoms with Crippen molar-refractivity contribution in [3.8, 4) is 22.8 Å². The molecule has 1 aliphatic rings. The van der Waals surface area contributed by atoms with E-state index in [1.807, 2.05) is 0 Å². The summed E-state index contributed by atoms with van der Waals surface area (Å²) in [5.41, 5.74) is 3.10. The van der Waals surface area contributed by atoms with E-state index in [9.17, 15) is 14.3 Å². The highest BCUT2D eigenvalue weighted by Crippen LogP contribution is 2.38. The number of pyridine rings is 1. The highest BCUT2D eigenvalue weighted by molar-refractivity contribution is 6.00. The van der Waals surface area contributed by atoms with Crippen LogP contribution in [0.3, 0.4) is 0 Å². The lowest BCUT2D eigenvalue weighted by molar-refractivity contribution is 0.0285. The van der Waals surface area contributed by atoms with Crippen LogP contribution in [0.15, 0.2) is 36.7 Å². The van der Waals surface area contributed by atoms with Gasteiger partial charge >= 0.3 is 0 Å². The molecular formula is C24H26FN3O4. The Kier molecular flexibility index (Phi) is 5.88. The lowest BCUT2D eigenvalue weighted by Gasteiger charge is -2.19. The van der Waals surface area contributed by atoms with Crippen LogP contribution in [0.5, 0.6) is 11.5 Å². The first kappa shape index (κ1) is 21.8. The Morgan fingerprint density at radius 1 is 1.28 bits per heavy atom. The summed E-state index contributed by atoms with van der Waals surface area (Å²) in [4.78, 5) is 20.3. The summed E-state index contributed by atoms with van der Waals surface area (Å²) in [6.07, 6.45) is 4.15. The summed E-state index contributed by atoms with van der Waals surface area (Å²) in [5, 5.41) is 13.0. The molecule has 1 aliphatic heterocycles. The number of halogens is 1. The number of aromatic amines is 1. The molecule has 7 nitrogen and oxygen atoms in total. The van der Waals surface area contributed by atoms with E-state index in [1.54, 1.807) is 44.4 Å². The number of aromatic nitrogens is 2. The zero-order valence-corrected chi connectivity index (χ0v) is 18.3. The molecule has 32 heavy (non-hydrogen) atoms. The zero-order valence-electron chi connectivity index (χ0n) is 18.3. The van der Waals surface area contributed by atoms with Crippen LogP contribution in [0.25, 0.3) is 11.3 Å². The second kappa shape index (κ2) is 8.63. The standard InChI is InChI=1S/C24H26FN3O4/c1-24(2,30)13-32-19-12-26-9-7-15(19)21-16(20-18(28-21)8-10-27-23(20)29)11-14-5-4-6-17(25)22(14)31-3/h4-7,9,12,28,30H,8,10-11,13H2,1-3H3,(H,27,29). The molecule has 0 bridgehead atoms. The van der Waals surface area contributed by atoms with Crippen molar-refractivity contribution in [3.05, 3.63) is 64.9 Å². The number of carbonyl (C=O) groups excluding carboxylic acids is 1. The fourth-order valence-corrected chi connectivity index (χ4v) is 3.92. The van der Waals surface area contributed by atoms with Gasteiger partial charge in [-0.05, 0) is 31.5 Å². The Hall–Kier alpha value is -3.39. The Labute approximate surface area is 185 Å². The minimum Gasteiger partial charge on any atom is -0.493 e. The Bertz CT molecular complexity index is 1150. The number of nitrogens with zero attached hydrogens (tertiary/aromatic N) is 1. The molecule has 3 heterocycles. The van der Waals surface area contributed by atoms with Crippen LogP contribution in [0.4, 0.5) is 4.39 Å². The fraction of sp³-hybridized carbons (Fsp3) is 0.333. The van der Waals surface area contributed by atoms with Gasteiger partial charge < -0.3 is 24.9 Å². The first-order valence-electron chi connectivity index (χ1n) is 10.4. The molecule has 0 radical (unpaired) electrons. The number of methoxy groups -OCH3 is 1. The molecule has 1 aromatic carbocycles. The maximum atomic E-state index is 14.3. The molecule has 168 valence electrons. The van der Waals surface area contributed by atoms with Gasteiger partial charge in [0.2, 0.25) is 0 Å². The second-order valence-electron chi connectivity index (χ2n) is 8.42. The Morgan fingerprint density at radius 2 is 2.09 bits per heavy atom. The van der Waals surface area contributed by atoms with Crippen molar-refractivity contribution < 1.29 is 23.8 Å². The van der Waals surface area contributed by atoms with Crippen LogP contribution in [0.2, 0.25) is 0 Å². The first-order chi connectivity index (χ1) is 15.3. The van der Waals surface area contributed by atoms with E-state index in [0.29, 0.717) is 41.1 Å². The fourth-order valence-electron chi connectivity index (χ4n) is 3.92. The van der Waals surface area contributed by atoms with Crippen molar-refractivity contribution in [2.24, 2.45) is 0 Å². The molecule has 8 heteroatoms. The average Bonchev–Trinajstić information content (AvgIpc) is 3.11. The maximum absolute atomic E-state index is 14.3. The highest BCUT2D eigenvalue weighted by atomic mass is 19.1. The molecule has 4 rings (SSSR count). The van der Waals surface area contributed by atoms with Gasteiger partial charge in [0.05, 0.1) is 30.2 Å². The molecule has 0 spiro atoms. The van der Waals surface area contributed by atoms with Crippen LogP contribution < -0.4 is 14.8 Å². The molecule has 0 fully saturated rings. The number of hydrogen-bond acceptors (Lipinski definition) is 5. The topological polar surface area (TPSA) is 96.5 Å². The van der Waals surface area contributed by atoms with E-state index in [2.05, 4.69) is 15.3 Å². The van der Waals surface area contributed by atoms with E-state index in [4.69, 9.17) is 9.47 Å². The van der Waals surface area contributed by atoms with E-state index in [0.717, 1.165) is 11.3 Å². The van der Waals surface area contributed by atoms with Crippen LogP contribution in [0, 0.1) is 5.82 Å². The summed E-state index contributed by atoms with van der Waals surface area (Å²) in [6.45, 7) is 3.91. The van der Waals surface area contributed by atoms with Gasteiger partial charge in [0.25, 0.3) is 5.91 Å². The number of fused-ring (bicyclic) bond motifs is 1. The second-order valence-corrected chi connectivity index (χ2v) is 8.42. The number of para-hydroxylation sites is 1. The predicted octanol–water partition coefficient (Wildman–Crippen LogP) is 3.25. The third-order valence-corrected chi connectivity index (χ3v) is 5.32. The molecule has 1 amide bonds. The zero-order chi connectivity index (χ0) is 22.9. The number of rotatable bonds is 7. The number of hydrogen-bond donors (Lipinski definition) is 3. The molecule has 3 N–H and O–H groups in total. The van der Waals surface area contributed by atoms with Gasteiger partial charge in [-0.25, -0.2) is 4.39 Å². The van der Waals surface area contributed by atoms with Gasteiger partial charge in [-0.15, -0.1) is 0 Å². The molecule has 0 saturated carbocycles. The molecular weight excluding hydrogens is 413 g/mol. The number of nitrogens with one attached hydrogen (secondary N) is 2. The van der Waals surface area contributed by atoms with Gasteiger partial charge in [0.15, 0.2) is 11.6 Å². The van der Waals surface area contributed by atoms with Gasteiger partial charge in [0.1, 0.15) is 12.4 Å². The minimum atomic E-state index is -1.03. The number of aliphatic hydroxyl groups is 1. The van der Waals surface area contributed by atoms with Gasteiger partial charge in [-0.2, -0.15) is 0 Å².